The Morgan fingerprint density at radius 2 is 0.608 bits per heavy atom. The molecule has 79 heavy (non-hydrogen) atoms. The van der Waals surface area contributed by atoms with E-state index in [0.29, 0.717) is 12.8 Å². The summed E-state index contributed by atoms with van der Waals surface area (Å²) in [4.78, 5) is 68.3. The summed E-state index contributed by atoms with van der Waals surface area (Å²) in [6.45, 7) is 8.64. The number of carbonyl (C=O) groups excluding carboxylic acids is 6. The van der Waals surface area contributed by atoms with Gasteiger partial charge >= 0.3 is 89.1 Å². The van der Waals surface area contributed by atoms with Crippen LogP contribution in [0.2, 0.25) is 0 Å². The normalized spacial score (nSPS) is 17.8. The molecule has 0 spiro atoms. The molecule has 0 aromatic rings. The highest BCUT2D eigenvalue weighted by molar-refractivity contribution is 5.84. The first-order valence-electron chi connectivity index (χ1n) is 22.3. The molecule has 0 aromatic heterocycles. The van der Waals surface area contributed by atoms with Crippen LogP contribution in [-0.2, 0) is 57.2 Å². The maximum Gasteiger partial charge on any atom is 0.394 e. The molecule has 0 radical (unpaired) electrons. The number of halogens is 24. The molecule has 0 bridgehead atoms. The highest BCUT2D eigenvalue weighted by Gasteiger charge is 3.03. The van der Waals surface area contributed by atoms with Crippen molar-refractivity contribution in [1.82, 2.24) is 0 Å². The Morgan fingerprint density at radius 3 is 0.861 bits per heavy atom. The van der Waals surface area contributed by atoms with E-state index in [9.17, 15) is 134 Å². The van der Waals surface area contributed by atoms with E-state index in [0.717, 1.165) is 0 Å². The van der Waals surface area contributed by atoms with Crippen LogP contribution in [0.25, 0.3) is 0 Å². The Bertz CT molecular complexity index is 2030. The molecular weight excluding hydrogens is 1160 g/mol. The molecule has 36 heteroatoms. The fraction of sp³-hybridized carbons (Fsp3) is 0.860. The van der Waals surface area contributed by atoms with Gasteiger partial charge in [0, 0.05) is 0 Å². The lowest BCUT2D eigenvalue weighted by molar-refractivity contribution is -0.478. The van der Waals surface area contributed by atoms with Gasteiger partial charge in [-0.1, -0.05) is 20.8 Å². The maximum absolute atomic E-state index is 14.3. The van der Waals surface area contributed by atoms with Crippen LogP contribution in [-0.4, -0.2) is 147 Å². The van der Waals surface area contributed by atoms with E-state index in [1.165, 1.54) is 20.8 Å². The number of alkyl halides is 24. The van der Waals surface area contributed by atoms with Crippen LogP contribution < -0.4 is 0 Å². The predicted molar refractivity (Wildman–Crippen MR) is 217 cm³/mol. The SMILES string of the molecule is CCC(C)(C)C(=O)OCCOC(=O)C(F)(F)CC(F)(F)CC(F)(F)F.CCC(C)(C)C(=O)OCCOC(=O)C(F)(F)CC(F)(F)CC(F)F.CCC(C)(C)C(=O)OCCOC(=O)C1(F)C(F)(F)C(F)(F)C(F)(F)C(F)(F)C1(F)F. The molecule has 0 amide bonds. The number of carbonyl (C=O) groups is 6. The summed E-state index contributed by atoms with van der Waals surface area (Å²) >= 11 is 0. The van der Waals surface area contributed by atoms with Crippen molar-refractivity contribution in [2.75, 3.05) is 39.6 Å². The lowest BCUT2D eigenvalue weighted by Crippen LogP contribution is -2.85. The van der Waals surface area contributed by atoms with Gasteiger partial charge < -0.3 is 28.4 Å². The highest BCUT2D eigenvalue weighted by atomic mass is 19.4. The topological polar surface area (TPSA) is 158 Å². The summed E-state index contributed by atoms with van der Waals surface area (Å²) < 4.78 is 338. The second kappa shape index (κ2) is 26.8. The molecule has 0 heterocycles. The number of hydrogen-bond donors (Lipinski definition) is 0. The summed E-state index contributed by atoms with van der Waals surface area (Å²) in [6.07, 6.45) is -17.7. The van der Waals surface area contributed by atoms with Crippen molar-refractivity contribution in [1.29, 1.82) is 0 Å². The van der Waals surface area contributed by atoms with E-state index in [4.69, 9.17) is 4.74 Å². The summed E-state index contributed by atoms with van der Waals surface area (Å²) in [6, 6.07) is 0. The Labute approximate surface area is 433 Å². The molecule has 466 valence electrons. The van der Waals surface area contributed by atoms with Crippen LogP contribution in [0.3, 0.4) is 0 Å². The predicted octanol–water partition coefficient (Wildman–Crippen LogP) is 12.4. The molecule has 0 N–H and O–H groups in total. The first-order valence-corrected chi connectivity index (χ1v) is 22.3. The Hall–Kier alpha value is -4.86. The van der Waals surface area contributed by atoms with Gasteiger partial charge in [0.25, 0.3) is 11.8 Å². The number of ether oxygens (including phenoxy) is 6. The second-order valence-corrected chi connectivity index (χ2v) is 18.9. The third kappa shape index (κ3) is 19.4. The Morgan fingerprint density at radius 1 is 0.367 bits per heavy atom. The van der Waals surface area contributed by atoms with Crippen molar-refractivity contribution >= 4 is 35.8 Å². The van der Waals surface area contributed by atoms with Crippen LogP contribution in [0.15, 0.2) is 0 Å². The molecule has 1 aliphatic carbocycles. The van der Waals surface area contributed by atoms with E-state index >= 15 is 0 Å². The molecule has 0 aromatic carbocycles. The molecule has 1 fully saturated rings. The van der Waals surface area contributed by atoms with Gasteiger partial charge in [0.15, 0.2) is 0 Å². The van der Waals surface area contributed by atoms with Crippen LogP contribution in [0.5, 0.6) is 0 Å². The molecule has 0 atom stereocenters. The van der Waals surface area contributed by atoms with Crippen molar-refractivity contribution in [2.24, 2.45) is 16.2 Å². The fourth-order valence-corrected chi connectivity index (χ4v) is 5.06. The summed E-state index contributed by atoms with van der Waals surface area (Å²) in [7, 11) is 0. The Balaban J connectivity index is 0. The second-order valence-electron chi connectivity index (χ2n) is 18.9. The van der Waals surface area contributed by atoms with Gasteiger partial charge in [-0.2, -0.15) is 74.6 Å². The zero-order valence-electron chi connectivity index (χ0n) is 42.7. The first kappa shape index (κ1) is 76.2. The fourth-order valence-electron chi connectivity index (χ4n) is 5.06. The maximum atomic E-state index is 14.3. The average molecular weight is 1220 g/mol. The first-order chi connectivity index (χ1) is 34.9. The number of esters is 6. The van der Waals surface area contributed by atoms with Gasteiger partial charge in [-0.15, -0.1) is 0 Å². The van der Waals surface area contributed by atoms with Gasteiger partial charge in [0.2, 0.25) is 6.43 Å². The number of rotatable bonds is 25. The molecule has 1 aliphatic rings. The van der Waals surface area contributed by atoms with Crippen molar-refractivity contribution in [3.8, 4) is 0 Å². The van der Waals surface area contributed by atoms with Gasteiger partial charge in [0.1, 0.15) is 46.1 Å². The minimum absolute atomic E-state index is 0.204. The van der Waals surface area contributed by atoms with Crippen LogP contribution in [0.1, 0.15) is 107 Å². The minimum atomic E-state index is -7.43. The molecule has 0 saturated heterocycles. The van der Waals surface area contributed by atoms with E-state index in [-0.39, 0.29) is 6.42 Å². The quantitative estimate of drug-likeness (QED) is 0.0369. The zero-order valence-corrected chi connectivity index (χ0v) is 42.7. The third-order valence-electron chi connectivity index (χ3n) is 11.2. The molecule has 1 rings (SSSR count). The van der Waals surface area contributed by atoms with E-state index in [2.05, 4.69) is 23.7 Å². The van der Waals surface area contributed by atoms with Gasteiger partial charge in [-0.3, -0.25) is 14.4 Å². The monoisotopic (exact) mass is 1220 g/mol. The number of hydrogen-bond acceptors (Lipinski definition) is 12. The molecule has 0 unspecified atom stereocenters. The standard InChI is InChI=1S/C15H15F11O4.C14H19F7O4.C14H20F6O4/c1-4-9(2,3)7(27)29-5-6-30-8(28)10(16)11(17,18)13(21,22)15(25,26)14(23,24)12(10,19)20;1-4-11(2,3)9(22)24-5-6-25-10(23)13(17,18)7-12(15,16)8-14(19,20)21;1-4-12(2,3)10(21)23-5-6-24-11(22)14(19,20)8-13(17,18)7-9(15)16/h4-6H2,1-3H3;4-8H2,1-3H3;9H,4-8H2,1-3H3. The zero-order chi connectivity index (χ0) is 63.5. The van der Waals surface area contributed by atoms with Gasteiger partial charge in [-0.05, 0) is 60.8 Å². The minimum Gasteiger partial charge on any atom is -0.462 e. The van der Waals surface area contributed by atoms with Crippen LogP contribution in [0, 0.1) is 16.2 Å². The van der Waals surface area contributed by atoms with Crippen molar-refractivity contribution in [3.63, 3.8) is 0 Å². The highest BCUT2D eigenvalue weighted by Crippen LogP contribution is 2.69. The van der Waals surface area contributed by atoms with Gasteiger partial charge in [0.05, 0.1) is 35.5 Å². The van der Waals surface area contributed by atoms with Crippen molar-refractivity contribution < 1.29 is 163 Å². The average Bonchev–Trinajstić information content (AvgIpc) is 3.27. The van der Waals surface area contributed by atoms with Gasteiger partial charge in [-0.25, -0.2) is 45.1 Å². The summed E-state index contributed by atoms with van der Waals surface area (Å²) in [5.74, 6) is -66.3. The molecule has 0 aliphatic heterocycles. The lowest BCUT2D eigenvalue weighted by Gasteiger charge is -2.50. The third-order valence-corrected chi connectivity index (χ3v) is 11.2. The van der Waals surface area contributed by atoms with Crippen LogP contribution in [0.4, 0.5) is 105 Å². The molecular formula is C43H54F24O12. The lowest BCUT2D eigenvalue weighted by atomic mass is 9.72. The van der Waals surface area contributed by atoms with E-state index < -0.39 is 189 Å². The smallest absolute Gasteiger partial charge is 0.394 e. The molecule has 1 saturated carbocycles. The van der Waals surface area contributed by atoms with Crippen molar-refractivity contribution in [3.05, 3.63) is 0 Å². The summed E-state index contributed by atoms with van der Waals surface area (Å²) in [5.41, 5.74) is -9.66. The summed E-state index contributed by atoms with van der Waals surface area (Å²) in [5, 5.41) is 0. The van der Waals surface area contributed by atoms with Crippen molar-refractivity contribution in [2.45, 2.75) is 179 Å². The molecule has 12 nitrogen and oxygen atoms in total. The largest absolute Gasteiger partial charge is 0.462 e. The van der Waals surface area contributed by atoms with E-state index in [1.54, 1.807) is 41.5 Å². The Kier molecular flexibility index (Phi) is 25.9. The van der Waals surface area contributed by atoms with E-state index in [1.807, 2.05) is 0 Å². The van der Waals surface area contributed by atoms with Crippen LogP contribution >= 0.6 is 0 Å².